The molecule has 122 valence electrons. The predicted molar refractivity (Wildman–Crippen MR) is 91.6 cm³/mol. The molecule has 1 aromatic carbocycles. The Hall–Kier alpha value is -1.73. The Morgan fingerprint density at radius 3 is 2.91 bits per heavy atom. The van der Waals surface area contributed by atoms with Crippen LogP contribution in [-0.4, -0.2) is 33.7 Å². The van der Waals surface area contributed by atoms with Crippen LogP contribution >= 0.6 is 15.9 Å². The fourth-order valence-corrected chi connectivity index (χ4v) is 3.05. The third kappa shape index (κ3) is 4.17. The smallest absolute Gasteiger partial charge is 0.223 e. The first kappa shape index (κ1) is 16.1. The lowest BCUT2D eigenvalue weighted by Crippen LogP contribution is -2.42. The summed E-state index contributed by atoms with van der Waals surface area (Å²) in [4.78, 5) is 16.7. The van der Waals surface area contributed by atoms with Crippen LogP contribution in [0.25, 0.3) is 11.4 Å². The van der Waals surface area contributed by atoms with Crippen LogP contribution in [0.1, 0.15) is 25.6 Å². The van der Waals surface area contributed by atoms with Crippen LogP contribution in [0.3, 0.4) is 0 Å². The predicted octanol–water partition coefficient (Wildman–Crippen LogP) is 2.24. The van der Waals surface area contributed by atoms with Crippen molar-refractivity contribution in [1.29, 1.82) is 0 Å². The molecule has 23 heavy (non-hydrogen) atoms. The first-order valence-electron chi connectivity index (χ1n) is 7.80. The molecule has 1 saturated heterocycles. The second-order valence-corrected chi connectivity index (χ2v) is 6.82. The highest BCUT2D eigenvalue weighted by Gasteiger charge is 2.24. The number of rotatable bonds is 4. The zero-order valence-electron chi connectivity index (χ0n) is 13.0. The molecule has 1 aromatic heterocycles. The van der Waals surface area contributed by atoms with Gasteiger partial charge in [0.1, 0.15) is 5.82 Å². The molecule has 0 saturated carbocycles. The zero-order valence-corrected chi connectivity index (χ0v) is 14.6. The second kappa shape index (κ2) is 7.23. The molecule has 2 atom stereocenters. The average molecular weight is 378 g/mol. The molecule has 0 radical (unpaired) electrons. The van der Waals surface area contributed by atoms with E-state index in [1.54, 1.807) is 0 Å². The largest absolute Gasteiger partial charge is 0.349 e. The van der Waals surface area contributed by atoms with Crippen molar-refractivity contribution >= 4 is 21.8 Å². The van der Waals surface area contributed by atoms with E-state index in [1.165, 1.54) is 0 Å². The minimum Gasteiger partial charge on any atom is -0.349 e. The Bertz CT molecular complexity index is 669. The fourth-order valence-electron chi connectivity index (χ4n) is 2.79. The topological polar surface area (TPSA) is 82.7 Å². The number of carbonyl (C=O) groups excluding carboxylic acids is 1. The van der Waals surface area contributed by atoms with Crippen LogP contribution in [-0.2, 0) is 11.3 Å². The molecule has 3 N–H and O–H groups in total. The number of piperidine rings is 1. The van der Waals surface area contributed by atoms with Gasteiger partial charge >= 0.3 is 0 Å². The van der Waals surface area contributed by atoms with Crippen molar-refractivity contribution in [2.24, 2.45) is 5.92 Å². The molecular formula is C16H20BrN5O. The monoisotopic (exact) mass is 377 g/mol. The van der Waals surface area contributed by atoms with Gasteiger partial charge in [0.25, 0.3) is 0 Å². The molecule has 0 spiro atoms. The van der Waals surface area contributed by atoms with Crippen molar-refractivity contribution < 1.29 is 4.79 Å². The van der Waals surface area contributed by atoms with Crippen molar-refractivity contribution in [2.75, 3.05) is 6.54 Å². The number of benzene rings is 1. The van der Waals surface area contributed by atoms with Gasteiger partial charge in [-0.3, -0.25) is 9.89 Å². The average Bonchev–Trinajstić information content (AvgIpc) is 3.02. The molecule has 2 aromatic rings. The highest BCUT2D eigenvalue weighted by atomic mass is 79.9. The molecule has 0 unspecified atom stereocenters. The molecule has 1 fully saturated rings. The van der Waals surface area contributed by atoms with E-state index in [4.69, 9.17) is 0 Å². The number of carbonyl (C=O) groups is 1. The van der Waals surface area contributed by atoms with Gasteiger partial charge in [0.05, 0.1) is 6.54 Å². The fraction of sp³-hybridized carbons (Fsp3) is 0.438. The molecule has 1 amide bonds. The van der Waals surface area contributed by atoms with E-state index in [1.807, 2.05) is 24.3 Å². The first-order valence-corrected chi connectivity index (χ1v) is 8.59. The second-order valence-electron chi connectivity index (χ2n) is 5.91. The van der Waals surface area contributed by atoms with Crippen LogP contribution < -0.4 is 10.6 Å². The Morgan fingerprint density at radius 2 is 2.17 bits per heavy atom. The van der Waals surface area contributed by atoms with Gasteiger partial charge < -0.3 is 10.6 Å². The summed E-state index contributed by atoms with van der Waals surface area (Å²) in [6.07, 6.45) is 1.77. The number of aromatic nitrogens is 3. The van der Waals surface area contributed by atoms with Gasteiger partial charge in [-0.15, -0.1) is 0 Å². The number of nitrogens with zero attached hydrogens (tertiary/aromatic N) is 2. The first-order chi connectivity index (χ1) is 11.1. The van der Waals surface area contributed by atoms with E-state index in [-0.39, 0.29) is 11.8 Å². The van der Waals surface area contributed by atoms with Gasteiger partial charge in [0.2, 0.25) is 5.91 Å². The van der Waals surface area contributed by atoms with Crippen molar-refractivity contribution in [3.8, 4) is 11.4 Å². The Kier molecular flexibility index (Phi) is 5.07. The standard InChI is InChI=1S/C16H20BrN5O/c1-10-8-12(6-7-18-10)16(23)19-9-14-20-15(22-21-14)11-2-4-13(17)5-3-11/h2-5,10,12,18H,6-9H2,1H3,(H,19,23)(H,20,21,22)/t10-,12-/m0/s1. The minimum absolute atomic E-state index is 0.0834. The van der Waals surface area contributed by atoms with E-state index in [0.717, 1.165) is 29.4 Å². The summed E-state index contributed by atoms with van der Waals surface area (Å²) in [6, 6.07) is 8.20. The molecule has 7 heteroatoms. The van der Waals surface area contributed by atoms with E-state index in [9.17, 15) is 4.79 Å². The van der Waals surface area contributed by atoms with E-state index < -0.39 is 0 Å². The van der Waals surface area contributed by atoms with Gasteiger partial charge in [-0.1, -0.05) is 28.1 Å². The number of aromatic amines is 1. The molecule has 0 aliphatic carbocycles. The highest BCUT2D eigenvalue weighted by Crippen LogP contribution is 2.18. The third-order valence-corrected chi connectivity index (χ3v) is 4.59. The molecule has 3 rings (SSSR count). The molecule has 0 bridgehead atoms. The number of H-pyrrole nitrogens is 1. The quantitative estimate of drug-likeness (QED) is 0.762. The number of amides is 1. The number of nitrogens with one attached hydrogen (secondary N) is 3. The van der Waals surface area contributed by atoms with Crippen LogP contribution in [0.4, 0.5) is 0 Å². The van der Waals surface area contributed by atoms with Crippen molar-refractivity contribution in [1.82, 2.24) is 25.8 Å². The molecule has 6 nitrogen and oxygen atoms in total. The number of hydrogen-bond acceptors (Lipinski definition) is 4. The van der Waals surface area contributed by atoms with Crippen LogP contribution in [0.2, 0.25) is 0 Å². The van der Waals surface area contributed by atoms with Crippen molar-refractivity contribution in [2.45, 2.75) is 32.4 Å². The van der Waals surface area contributed by atoms with Gasteiger partial charge in [0, 0.05) is 22.0 Å². The Labute approximate surface area is 143 Å². The molecular weight excluding hydrogens is 358 g/mol. The molecule has 1 aliphatic rings. The third-order valence-electron chi connectivity index (χ3n) is 4.06. The normalized spacial score (nSPS) is 21.1. The highest BCUT2D eigenvalue weighted by molar-refractivity contribution is 9.10. The maximum atomic E-state index is 12.2. The summed E-state index contributed by atoms with van der Waals surface area (Å²) in [5.74, 6) is 1.48. The SMILES string of the molecule is C[C@H]1C[C@@H](C(=O)NCc2nc(-c3ccc(Br)cc3)n[nH]2)CCN1. The summed E-state index contributed by atoms with van der Waals surface area (Å²) >= 11 is 3.41. The van der Waals surface area contributed by atoms with Crippen LogP contribution in [0, 0.1) is 5.92 Å². The summed E-state index contributed by atoms with van der Waals surface area (Å²) in [6.45, 7) is 3.39. The van der Waals surface area contributed by atoms with E-state index in [0.29, 0.717) is 24.2 Å². The summed E-state index contributed by atoms with van der Waals surface area (Å²) < 4.78 is 1.01. The molecule has 1 aliphatic heterocycles. The maximum absolute atomic E-state index is 12.2. The van der Waals surface area contributed by atoms with E-state index >= 15 is 0 Å². The van der Waals surface area contributed by atoms with Gasteiger partial charge in [0.15, 0.2) is 5.82 Å². The van der Waals surface area contributed by atoms with Crippen molar-refractivity contribution in [3.05, 3.63) is 34.6 Å². The maximum Gasteiger partial charge on any atom is 0.223 e. The Morgan fingerprint density at radius 1 is 1.39 bits per heavy atom. The van der Waals surface area contributed by atoms with E-state index in [2.05, 4.69) is 48.7 Å². The van der Waals surface area contributed by atoms with Gasteiger partial charge in [-0.2, -0.15) is 5.10 Å². The summed E-state index contributed by atoms with van der Waals surface area (Å²) in [7, 11) is 0. The summed E-state index contributed by atoms with van der Waals surface area (Å²) in [5.41, 5.74) is 0.939. The number of hydrogen-bond donors (Lipinski definition) is 3. The minimum atomic E-state index is 0.0834. The summed E-state index contributed by atoms with van der Waals surface area (Å²) in [5, 5.41) is 13.4. The van der Waals surface area contributed by atoms with Crippen molar-refractivity contribution in [3.63, 3.8) is 0 Å². The lowest BCUT2D eigenvalue weighted by molar-refractivity contribution is -0.126. The number of halogens is 1. The van der Waals surface area contributed by atoms with Gasteiger partial charge in [-0.25, -0.2) is 4.98 Å². The Balaban J connectivity index is 1.56. The molecule has 2 heterocycles. The lowest BCUT2D eigenvalue weighted by atomic mass is 9.92. The van der Waals surface area contributed by atoms with Gasteiger partial charge in [-0.05, 0) is 38.4 Å². The van der Waals surface area contributed by atoms with Crippen LogP contribution in [0.15, 0.2) is 28.7 Å². The van der Waals surface area contributed by atoms with Crippen LogP contribution in [0.5, 0.6) is 0 Å². The zero-order chi connectivity index (χ0) is 16.2. The lowest BCUT2D eigenvalue weighted by Gasteiger charge is -2.26.